The van der Waals surface area contributed by atoms with Crippen molar-refractivity contribution in [3.05, 3.63) is 24.0 Å². The van der Waals surface area contributed by atoms with Crippen LogP contribution in [0.2, 0.25) is 0 Å². The molecule has 1 aromatic carbocycles. The Kier molecular flexibility index (Phi) is 4.32. The van der Waals surface area contributed by atoms with Gasteiger partial charge in [-0.15, -0.1) is 0 Å². The molecule has 2 N–H and O–H groups in total. The third-order valence-electron chi connectivity index (χ3n) is 3.63. The van der Waals surface area contributed by atoms with Crippen LogP contribution in [0.5, 0.6) is 5.75 Å². The summed E-state index contributed by atoms with van der Waals surface area (Å²) in [5.41, 5.74) is -0.287. The van der Waals surface area contributed by atoms with Crippen LogP contribution in [0.1, 0.15) is 19.8 Å². The Morgan fingerprint density at radius 2 is 2.29 bits per heavy atom. The maximum Gasteiger partial charge on any atom is 0.240 e. The molecule has 0 bridgehead atoms. The number of ether oxygens (including phenoxy) is 1. The Hall–Kier alpha value is -2.29. The first-order valence-corrected chi connectivity index (χ1v) is 6.78. The quantitative estimate of drug-likeness (QED) is 0.841. The largest absolute Gasteiger partial charge is 0.494 e. The molecule has 1 unspecified atom stereocenters. The molecular weight excluding hydrogens is 273 g/mol. The third kappa shape index (κ3) is 3.63. The Labute approximate surface area is 123 Å². The third-order valence-corrected chi connectivity index (χ3v) is 3.63. The highest BCUT2D eigenvalue weighted by molar-refractivity contribution is 5.82. The van der Waals surface area contributed by atoms with E-state index in [4.69, 9.17) is 4.74 Å². The van der Waals surface area contributed by atoms with Gasteiger partial charge in [0.1, 0.15) is 17.1 Å². The number of nitrogens with zero attached hydrogens (tertiary/aromatic N) is 1. The number of rotatable bonds is 6. The fourth-order valence-corrected chi connectivity index (χ4v) is 2.20. The van der Waals surface area contributed by atoms with Crippen molar-refractivity contribution in [1.82, 2.24) is 5.32 Å². The zero-order valence-electron chi connectivity index (χ0n) is 12.1. The zero-order chi connectivity index (χ0) is 15.5. The minimum absolute atomic E-state index is 0.00795. The van der Waals surface area contributed by atoms with E-state index in [0.717, 1.165) is 12.8 Å². The lowest BCUT2D eigenvalue weighted by molar-refractivity contribution is -0.120. The number of carbonyl (C=O) groups excluding carboxylic acids is 1. The predicted molar refractivity (Wildman–Crippen MR) is 76.3 cm³/mol. The van der Waals surface area contributed by atoms with Crippen molar-refractivity contribution < 1.29 is 13.9 Å². The summed E-state index contributed by atoms with van der Waals surface area (Å²) in [5, 5.41) is 14.8. The summed E-state index contributed by atoms with van der Waals surface area (Å²) in [7, 11) is 1.43. The average Bonchev–Trinajstić information content (AvgIpc) is 3.30. The summed E-state index contributed by atoms with van der Waals surface area (Å²) < 4.78 is 18.1. The van der Waals surface area contributed by atoms with Crippen molar-refractivity contribution >= 4 is 11.6 Å². The summed E-state index contributed by atoms with van der Waals surface area (Å²) in [5.74, 6) is -0.134. The summed E-state index contributed by atoms with van der Waals surface area (Å²) >= 11 is 0. The van der Waals surface area contributed by atoms with Crippen LogP contribution in [-0.4, -0.2) is 25.1 Å². The van der Waals surface area contributed by atoms with E-state index in [-0.39, 0.29) is 18.4 Å². The molecule has 1 amide bonds. The molecule has 6 heteroatoms. The smallest absolute Gasteiger partial charge is 0.240 e. The maximum absolute atomic E-state index is 13.1. The van der Waals surface area contributed by atoms with Crippen LogP contribution in [0.15, 0.2) is 18.2 Å². The summed E-state index contributed by atoms with van der Waals surface area (Å²) in [6, 6.07) is 6.20. The van der Waals surface area contributed by atoms with Crippen LogP contribution in [0.4, 0.5) is 10.1 Å². The highest BCUT2D eigenvalue weighted by Gasteiger charge is 2.42. The highest BCUT2D eigenvalue weighted by Crippen LogP contribution is 2.39. The lowest BCUT2D eigenvalue weighted by atomic mass is 9.98. The summed E-state index contributed by atoms with van der Waals surface area (Å²) in [6.45, 7) is 1.73. The van der Waals surface area contributed by atoms with E-state index in [1.54, 1.807) is 6.92 Å². The molecule has 0 saturated heterocycles. The molecule has 0 spiro atoms. The van der Waals surface area contributed by atoms with E-state index in [1.165, 1.54) is 25.3 Å². The molecule has 1 aliphatic rings. The second-order valence-electron chi connectivity index (χ2n) is 5.33. The van der Waals surface area contributed by atoms with Gasteiger partial charge in [0, 0.05) is 6.07 Å². The Morgan fingerprint density at radius 1 is 1.57 bits per heavy atom. The lowest BCUT2D eigenvalue weighted by Crippen LogP contribution is -2.48. The van der Waals surface area contributed by atoms with Crippen molar-refractivity contribution in [3.63, 3.8) is 0 Å². The van der Waals surface area contributed by atoms with E-state index in [0.29, 0.717) is 11.4 Å². The molecule has 112 valence electrons. The van der Waals surface area contributed by atoms with E-state index in [2.05, 4.69) is 16.7 Å². The minimum Gasteiger partial charge on any atom is -0.494 e. The van der Waals surface area contributed by atoms with Gasteiger partial charge in [0.2, 0.25) is 5.91 Å². The molecule has 0 aromatic heterocycles. The molecule has 1 saturated carbocycles. The molecule has 21 heavy (non-hydrogen) atoms. The van der Waals surface area contributed by atoms with Gasteiger partial charge >= 0.3 is 0 Å². The molecule has 0 aliphatic heterocycles. The number of methoxy groups -OCH3 is 1. The molecule has 1 atom stereocenters. The highest BCUT2D eigenvalue weighted by atomic mass is 19.1. The van der Waals surface area contributed by atoms with Gasteiger partial charge in [0.25, 0.3) is 0 Å². The van der Waals surface area contributed by atoms with E-state index in [1.807, 2.05) is 0 Å². The van der Waals surface area contributed by atoms with Crippen molar-refractivity contribution in [2.24, 2.45) is 5.92 Å². The fraction of sp³-hybridized carbons (Fsp3) is 0.467. The van der Waals surface area contributed by atoms with Crippen LogP contribution < -0.4 is 15.4 Å². The number of nitrogens with one attached hydrogen (secondary N) is 2. The number of hydrogen-bond donors (Lipinski definition) is 2. The van der Waals surface area contributed by atoms with Crippen LogP contribution in [0, 0.1) is 23.1 Å². The van der Waals surface area contributed by atoms with Gasteiger partial charge in [-0.2, -0.15) is 5.26 Å². The number of benzene rings is 1. The number of anilines is 1. The van der Waals surface area contributed by atoms with Crippen molar-refractivity contribution in [1.29, 1.82) is 5.26 Å². The molecule has 2 rings (SSSR count). The van der Waals surface area contributed by atoms with Crippen LogP contribution in [-0.2, 0) is 4.79 Å². The van der Waals surface area contributed by atoms with Crippen LogP contribution in [0.3, 0.4) is 0 Å². The number of nitriles is 1. The molecule has 1 fully saturated rings. The van der Waals surface area contributed by atoms with Crippen LogP contribution >= 0.6 is 0 Å². The Bertz CT molecular complexity index is 581. The SMILES string of the molecule is COc1cc(F)ccc1NCC(=O)NC(C)(C#N)C1CC1. The second-order valence-corrected chi connectivity index (χ2v) is 5.33. The van der Waals surface area contributed by atoms with Crippen molar-refractivity contribution in [2.75, 3.05) is 19.0 Å². The maximum atomic E-state index is 13.1. The lowest BCUT2D eigenvalue weighted by Gasteiger charge is -2.23. The van der Waals surface area contributed by atoms with Gasteiger partial charge in [0.15, 0.2) is 0 Å². The normalized spacial score (nSPS) is 16.5. The van der Waals surface area contributed by atoms with Gasteiger partial charge in [-0.05, 0) is 37.8 Å². The summed E-state index contributed by atoms with van der Waals surface area (Å²) in [4.78, 5) is 12.0. The molecule has 0 radical (unpaired) electrons. The van der Waals surface area contributed by atoms with E-state index < -0.39 is 11.4 Å². The first-order chi connectivity index (χ1) is 9.98. The van der Waals surface area contributed by atoms with Crippen LogP contribution in [0.25, 0.3) is 0 Å². The first kappa shape index (κ1) is 15.1. The van der Waals surface area contributed by atoms with Gasteiger partial charge in [-0.3, -0.25) is 4.79 Å². The van der Waals surface area contributed by atoms with E-state index >= 15 is 0 Å². The standard InChI is InChI=1S/C15H18FN3O2/c1-15(9-17,10-3-4-10)19-14(20)8-18-12-6-5-11(16)7-13(12)21-2/h5-7,10,18H,3-4,8H2,1-2H3,(H,19,20). The average molecular weight is 291 g/mol. The first-order valence-electron chi connectivity index (χ1n) is 6.78. The van der Waals surface area contributed by atoms with E-state index in [9.17, 15) is 14.4 Å². The summed E-state index contributed by atoms with van der Waals surface area (Å²) in [6.07, 6.45) is 1.92. The Morgan fingerprint density at radius 3 is 2.86 bits per heavy atom. The molecule has 0 heterocycles. The van der Waals surface area contributed by atoms with Crippen molar-refractivity contribution in [2.45, 2.75) is 25.3 Å². The molecule has 1 aromatic rings. The molecule has 1 aliphatic carbocycles. The van der Waals surface area contributed by atoms with Gasteiger partial charge in [0.05, 0.1) is 25.4 Å². The molecule has 5 nitrogen and oxygen atoms in total. The zero-order valence-corrected chi connectivity index (χ0v) is 12.1. The minimum atomic E-state index is -0.814. The fourth-order valence-electron chi connectivity index (χ4n) is 2.20. The number of hydrogen-bond acceptors (Lipinski definition) is 4. The number of carbonyl (C=O) groups is 1. The van der Waals surface area contributed by atoms with Gasteiger partial charge in [-0.25, -0.2) is 4.39 Å². The van der Waals surface area contributed by atoms with Gasteiger partial charge < -0.3 is 15.4 Å². The molecular formula is C15H18FN3O2. The topological polar surface area (TPSA) is 74.2 Å². The monoisotopic (exact) mass is 291 g/mol. The van der Waals surface area contributed by atoms with Crippen molar-refractivity contribution in [3.8, 4) is 11.8 Å². The number of halogens is 1. The predicted octanol–water partition coefficient (Wildman–Crippen LogP) is 2.05. The Balaban J connectivity index is 1.94. The number of amides is 1. The second kappa shape index (κ2) is 6.00. The van der Waals surface area contributed by atoms with Gasteiger partial charge in [-0.1, -0.05) is 0 Å².